The van der Waals surface area contributed by atoms with Gasteiger partial charge in [0.05, 0.1) is 116 Å². The molecule has 0 amide bonds. The van der Waals surface area contributed by atoms with Crippen LogP contribution in [0.15, 0.2) is 473 Å². The molecule has 0 radical (unpaired) electrons. The lowest BCUT2D eigenvalue weighted by Gasteiger charge is -2.15. The van der Waals surface area contributed by atoms with Crippen LogP contribution in [0.5, 0.6) is 0 Å². The topological polar surface area (TPSA) is 105 Å². The SMILES string of the molecule is c1cc(-c2ccc3c4nc5ccccc5cc4c4nc5ccccc5n4c3c2)cc(-c2cccc3c2sc2ccccc23)c1.c1ccc(-n2c3ccccc3c3cc(-c4ccc(-c5ccc6c7nc8ccccc8cc7c7nc8ccccc8n7c6c5)cc4)ccc32)cc1.c1ccc(-n2c3ccccc3c3ccc4c5ccccc5n(-c5ccc6c7nc8ccccc8cc7c7nc8ccccc8n7c6c5)c4c32)cc1. The first-order valence-corrected chi connectivity index (χ1v) is 50.0. The highest BCUT2D eigenvalue weighted by Crippen LogP contribution is 2.48. The van der Waals surface area contributed by atoms with Crippen molar-refractivity contribution in [1.29, 1.82) is 0 Å². The summed E-state index contributed by atoms with van der Waals surface area (Å²) in [5.41, 5.74) is 38.3. The van der Waals surface area contributed by atoms with E-state index in [2.05, 4.69) is 500 Å². The Bertz CT molecular complexity index is 11400. The van der Waals surface area contributed by atoms with Gasteiger partial charge in [0, 0.05) is 118 Å². The number of rotatable bonds is 7. The molecular formula is C132H78N12S. The highest BCUT2D eigenvalue weighted by molar-refractivity contribution is 7.26. The molecule has 13 heteroatoms. The minimum Gasteiger partial charge on any atom is -0.309 e. The highest BCUT2D eigenvalue weighted by atomic mass is 32.1. The predicted octanol–water partition coefficient (Wildman–Crippen LogP) is 34.4. The van der Waals surface area contributed by atoms with Crippen LogP contribution in [0.4, 0.5) is 0 Å². The number of hydrogen-bond acceptors (Lipinski definition) is 7. The maximum atomic E-state index is 5.27. The van der Waals surface area contributed by atoms with Gasteiger partial charge in [0.1, 0.15) is 16.9 Å². The standard InChI is InChI=1S/C46H27N5.C46H28N4.C40H23N3S/c1-2-13-29(14-3-1)49-39-19-9-5-15-31(39)33-24-25-34-32-16-6-10-20-40(32)50(45(34)44(33)49)30-22-23-35-42(27-30)51-41-21-11-8-18-38(41)48-46(51)36-26-28-12-4-7-17-37(28)47-43(35)36;1-2-11-34(12-3-1)49-41-16-8-5-13-35(41)37-26-31(23-25-42(37)49)29-18-20-30(21-19-29)32-22-24-36-44(28-32)50-43-17-9-7-15-40(43)48-46(50)38-27-33-10-4-6-14-39(33)47-45(36)38;1-3-15-33-27(9-1)22-32-38(41-33)31-20-19-25(23-36(31)43-35-17-5-4-16-34(35)42-40(32)43)24-10-7-11-26(21-24)28-13-8-14-30-29-12-2-6-18-37(29)44-39(28)30/h1-27H;1-28H;1-23H. The van der Waals surface area contributed by atoms with Gasteiger partial charge in [-0.1, -0.05) is 303 Å². The Balaban J connectivity index is 0.0000000993. The lowest BCUT2D eigenvalue weighted by molar-refractivity contribution is 1.15. The molecule has 0 bridgehead atoms. The van der Waals surface area contributed by atoms with E-state index >= 15 is 0 Å². The van der Waals surface area contributed by atoms with Crippen molar-refractivity contribution in [1.82, 2.24) is 56.8 Å². The van der Waals surface area contributed by atoms with Crippen molar-refractivity contribution in [3.8, 4) is 61.6 Å². The molecule has 0 saturated carbocycles. The van der Waals surface area contributed by atoms with Crippen molar-refractivity contribution in [2.45, 2.75) is 0 Å². The van der Waals surface area contributed by atoms with Crippen LogP contribution in [-0.4, -0.2) is 56.8 Å². The molecule has 12 nitrogen and oxygen atoms in total. The van der Waals surface area contributed by atoms with Gasteiger partial charge >= 0.3 is 0 Å². The van der Waals surface area contributed by atoms with Crippen molar-refractivity contribution in [2.24, 2.45) is 0 Å². The summed E-state index contributed by atoms with van der Waals surface area (Å²) in [6.07, 6.45) is 0. The van der Waals surface area contributed by atoms with Gasteiger partial charge in [-0.2, -0.15) is 0 Å². The summed E-state index contributed by atoms with van der Waals surface area (Å²) in [6, 6.07) is 170. The summed E-state index contributed by atoms with van der Waals surface area (Å²) < 4.78 is 16.9. The second-order valence-corrected chi connectivity index (χ2v) is 39.0. The molecule has 0 aliphatic carbocycles. The van der Waals surface area contributed by atoms with Gasteiger partial charge in [-0.25, -0.2) is 29.9 Å². The Morgan fingerprint density at radius 2 is 0.510 bits per heavy atom. The number of para-hydroxylation sites is 14. The maximum absolute atomic E-state index is 5.27. The Morgan fingerprint density at radius 1 is 0.166 bits per heavy atom. The quantitative estimate of drug-likeness (QED) is 0.116. The van der Waals surface area contributed by atoms with E-state index in [-0.39, 0.29) is 0 Å². The van der Waals surface area contributed by atoms with Gasteiger partial charge < -0.3 is 13.7 Å². The van der Waals surface area contributed by atoms with Crippen LogP contribution in [0.1, 0.15) is 0 Å². The van der Waals surface area contributed by atoms with Crippen LogP contribution in [0.25, 0.3) is 295 Å². The van der Waals surface area contributed by atoms with E-state index in [1.54, 1.807) is 0 Å². The van der Waals surface area contributed by atoms with Crippen molar-refractivity contribution in [3.63, 3.8) is 0 Å². The Hall–Kier alpha value is -19.3. The van der Waals surface area contributed by atoms with Crippen LogP contribution in [0.2, 0.25) is 0 Å². The third-order valence-electron chi connectivity index (χ3n) is 29.9. The molecule has 0 N–H and O–H groups in total. The third kappa shape index (κ3) is 12.4. The van der Waals surface area contributed by atoms with E-state index in [9.17, 15) is 0 Å². The fourth-order valence-corrected chi connectivity index (χ4v) is 24.6. The Morgan fingerprint density at radius 3 is 1.02 bits per heavy atom. The predicted molar refractivity (Wildman–Crippen MR) is 607 cm³/mol. The van der Waals surface area contributed by atoms with E-state index in [4.69, 9.17) is 29.9 Å². The number of thiophene rings is 1. The number of pyridine rings is 6. The van der Waals surface area contributed by atoms with Crippen molar-refractivity contribution < 1.29 is 0 Å². The average molecular weight is 1860 g/mol. The molecule has 0 atom stereocenters. The molecule has 13 aromatic heterocycles. The molecule has 33 rings (SSSR count). The van der Waals surface area contributed by atoms with Gasteiger partial charge in [0.15, 0.2) is 0 Å². The van der Waals surface area contributed by atoms with E-state index in [1.165, 1.54) is 130 Å². The maximum Gasteiger partial charge on any atom is 0.147 e. The number of fused-ring (bicyclic) bond motifs is 40. The van der Waals surface area contributed by atoms with Crippen molar-refractivity contribution in [3.05, 3.63) is 473 Å². The fraction of sp³-hybridized carbons (Fsp3) is 0. The summed E-state index contributed by atoms with van der Waals surface area (Å²) in [4.78, 5) is 31.1. The molecule has 13 heterocycles. The Labute approximate surface area is 830 Å². The molecule has 0 aliphatic heterocycles. The third-order valence-corrected chi connectivity index (χ3v) is 31.2. The van der Waals surface area contributed by atoms with E-state index in [1.807, 2.05) is 11.3 Å². The second kappa shape index (κ2) is 31.6. The van der Waals surface area contributed by atoms with Crippen molar-refractivity contribution in [2.75, 3.05) is 0 Å². The lowest BCUT2D eigenvalue weighted by atomic mass is 9.97. The molecular weight excluding hydrogens is 1790 g/mol. The first-order chi connectivity index (χ1) is 71.9. The Kier molecular flexibility index (Phi) is 17.6. The second-order valence-electron chi connectivity index (χ2n) is 37.9. The van der Waals surface area contributed by atoms with Gasteiger partial charge in [0.25, 0.3) is 0 Å². The molecule has 0 fully saturated rings. The minimum atomic E-state index is 0.919. The van der Waals surface area contributed by atoms with Crippen LogP contribution >= 0.6 is 11.3 Å². The smallest absolute Gasteiger partial charge is 0.147 e. The zero-order chi connectivity index (χ0) is 94.7. The lowest BCUT2D eigenvalue weighted by Crippen LogP contribution is -2.00. The van der Waals surface area contributed by atoms with Gasteiger partial charge in [-0.3, -0.25) is 13.2 Å². The largest absolute Gasteiger partial charge is 0.309 e. The molecule has 33 aromatic rings. The van der Waals surface area contributed by atoms with E-state index in [0.717, 1.165) is 165 Å². The zero-order valence-electron chi connectivity index (χ0n) is 77.8. The van der Waals surface area contributed by atoms with E-state index < -0.39 is 0 Å². The zero-order valence-corrected chi connectivity index (χ0v) is 78.6. The van der Waals surface area contributed by atoms with Crippen LogP contribution in [-0.2, 0) is 0 Å². The normalized spacial score (nSPS) is 12.1. The molecule has 145 heavy (non-hydrogen) atoms. The summed E-state index contributed by atoms with van der Waals surface area (Å²) in [6.45, 7) is 0. The van der Waals surface area contributed by atoms with Crippen LogP contribution in [0.3, 0.4) is 0 Å². The number of hydrogen-bond donors (Lipinski definition) is 0. The molecule has 20 aromatic carbocycles. The first kappa shape index (κ1) is 80.6. The minimum absolute atomic E-state index is 0.919. The molecule has 0 unspecified atom stereocenters. The first-order valence-electron chi connectivity index (χ1n) is 49.2. The average Bonchev–Trinajstić information content (AvgIpc) is 1.57. The van der Waals surface area contributed by atoms with Crippen LogP contribution in [0, 0.1) is 0 Å². The van der Waals surface area contributed by atoms with Gasteiger partial charge in [-0.05, 0) is 214 Å². The number of aromatic nitrogens is 12. The monoisotopic (exact) mass is 1860 g/mol. The number of nitrogens with zero attached hydrogens (tertiary/aromatic N) is 12. The molecule has 0 aliphatic rings. The van der Waals surface area contributed by atoms with E-state index in [0.29, 0.717) is 0 Å². The van der Waals surface area contributed by atoms with Gasteiger partial charge in [-0.15, -0.1) is 11.3 Å². The van der Waals surface area contributed by atoms with Crippen molar-refractivity contribution >= 4 is 245 Å². The fourth-order valence-electron chi connectivity index (χ4n) is 23.4. The highest BCUT2D eigenvalue weighted by Gasteiger charge is 2.27. The summed E-state index contributed by atoms with van der Waals surface area (Å²) in [7, 11) is 0. The van der Waals surface area contributed by atoms with Gasteiger partial charge in [0.2, 0.25) is 0 Å². The summed E-state index contributed by atoms with van der Waals surface area (Å²) in [5.74, 6) is 0. The molecule has 0 saturated heterocycles. The molecule has 0 spiro atoms. The molecule has 672 valence electrons. The number of benzene rings is 20. The summed E-state index contributed by atoms with van der Waals surface area (Å²) in [5, 5.41) is 19.9. The van der Waals surface area contributed by atoms with Crippen LogP contribution < -0.4 is 0 Å². The number of imidazole rings is 3. The summed E-state index contributed by atoms with van der Waals surface area (Å²) >= 11 is 1.87.